The molecule has 0 aliphatic heterocycles. The molecular formula is C4H9NS. The van der Waals surface area contributed by atoms with Crippen molar-refractivity contribution in [2.45, 2.75) is 17.7 Å². The van der Waals surface area contributed by atoms with E-state index in [2.05, 4.69) is 6.26 Å². The van der Waals surface area contributed by atoms with E-state index in [-0.39, 0.29) is 0 Å². The van der Waals surface area contributed by atoms with Gasteiger partial charge in [-0.2, -0.15) is 11.8 Å². The fourth-order valence-corrected chi connectivity index (χ4v) is 1.22. The van der Waals surface area contributed by atoms with E-state index >= 15 is 0 Å². The van der Waals surface area contributed by atoms with E-state index < -0.39 is 0 Å². The molecule has 0 aromatic carbocycles. The molecule has 0 aromatic heterocycles. The van der Waals surface area contributed by atoms with E-state index in [4.69, 9.17) is 5.73 Å². The summed E-state index contributed by atoms with van der Waals surface area (Å²) in [4.78, 5) is 0. The fraction of sp³-hybridized carbons (Fsp3) is 1.00. The Bertz CT molecular complexity index is 53.5. The Balaban J connectivity index is 2.09. The van der Waals surface area contributed by atoms with Gasteiger partial charge < -0.3 is 5.73 Å². The Hall–Kier alpha value is 0.310. The molecule has 6 heavy (non-hydrogen) atoms. The van der Waals surface area contributed by atoms with E-state index in [1.807, 2.05) is 11.8 Å². The molecule has 0 unspecified atom stereocenters. The van der Waals surface area contributed by atoms with E-state index in [1.54, 1.807) is 0 Å². The summed E-state index contributed by atoms with van der Waals surface area (Å²) in [6.07, 6.45) is 3.35. The Morgan fingerprint density at radius 1 is 1.83 bits per heavy atom. The molecule has 1 aliphatic carbocycles. The highest BCUT2D eigenvalue weighted by molar-refractivity contribution is 7.99. The first-order valence-electron chi connectivity index (χ1n) is 2.13. The lowest BCUT2D eigenvalue weighted by Crippen LogP contribution is -2.01. The molecule has 1 saturated carbocycles. The minimum atomic E-state index is 0.528. The van der Waals surface area contributed by atoms with Crippen LogP contribution in [0.5, 0.6) is 0 Å². The molecule has 1 nitrogen and oxygen atoms in total. The van der Waals surface area contributed by atoms with Gasteiger partial charge in [0.15, 0.2) is 0 Å². The number of rotatable bonds is 1. The van der Waals surface area contributed by atoms with E-state index in [9.17, 15) is 0 Å². The van der Waals surface area contributed by atoms with Crippen LogP contribution in [-0.4, -0.2) is 17.5 Å². The van der Waals surface area contributed by atoms with Crippen LogP contribution in [0.25, 0.3) is 0 Å². The smallest absolute Gasteiger partial charge is 0.0211 e. The zero-order valence-corrected chi connectivity index (χ0v) is 4.66. The van der Waals surface area contributed by atoms with Gasteiger partial charge in [0.05, 0.1) is 0 Å². The normalized spacial score (nSPS) is 43.0. The Morgan fingerprint density at radius 3 is 2.33 bits per heavy atom. The number of hydrogen-bond acceptors (Lipinski definition) is 2. The van der Waals surface area contributed by atoms with Gasteiger partial charge in [-0.1, -0.05) is 0 Å². The molecule has 0 amide bonds. The summed E-state index contributed by atoms with van der Waals surface area (Å²) in [5, 5.41) is 0.796. The Morgan fingerprint density at radius 2 is 2.33 bits per heavy atom. The predicted octanol–water partition coefficient (Wildman–Crippen LogP) is 0.449. The van der Waals surface area contributed by atoms with Crippen LogP contribution in [0.2, 0.25) is 0 Å². The molecule has 0 bridgehead atoms. The highest BCUT2D eigenvalue weighted by atomic mass is 32.2. The topological polar surface area (TPSA) is 26.0 Å². The number of nitrogens with two attached hydrogens (primary N) is 1. The van der Waals surface area contributed by atoms with Crippen LogP contribution in [0, 0.1) is 0 Å². The first kappa shape index (κ1) is 4.47. The zero-order valence-electron chi connectivity index (χ0n) is 3.85. The maximum atomic E-state index is 5.46. The fourth-order valence-electron chi connectivity index (χ4n) is 0.461. The van der Waals surface area contributed by atoms with Crippen molar-refractivity contribution in [3.63, 3.8) is 0 Å². The lowest BCUT2D eigenvalue weighted by molar-refractivity contribution is 1.08. The average Bonchev–Trinajstić information content (AvgIpc) is 2.19. The van der Waals surface area contributed by atoms with E-state index in [1.165, 1.54) is 6.42 Å². The summed E-state index contributed by atoms with van der Waals surface area (Å²) in [6, 6.07) is 0.528. The van der Waals surface area contributed by atoms with Gasteiger partial charge in [0.2, 0.25) is 0 Å². The molecular weight excluding hydrogens is 94.1 g/mol. The van der Waals surface area contributed by atoms with Gasteiger partial charge in [0.25, 0.3) is 0 Å². The third-order valence-corrected chi connectivity index (χ3v) is 2.23. The molecule has 36 valence electrons. The van der Waals surface area contributed by atoms with Crippen molar-refractivity contribution in [2.24, 2.45) is 5.73 Å². The molecule has 1 rings (SSSR count). The molecule has 2 heteroatoms. The maximum Gasteiger partial charge on any atom is 0.0211 e. The number of hydrogen-bond donors (Lipinski definition) is 1. The van der Waals surface area contributed by atoms with Gasteiger partial charge in [-0.15, -0.1) is 0 Å². The first-order valence-corrected chi connectivity index (χ1v) is 3.42. The molecule has 2 atom stereocenters. The third-order valence-electron chi connectivity index (χ3n) is 1.08. The lowest BCUT2D eigenvalue weighted by Gasteiger charge is -1.80. The monoisotopic (exact) mass is 103 g/mol. The summed E-state index contributed by atoms with van der Waals surface area (Å²) in [5.41, 5.74) is 5.46. The summed E-state index contributed by atoms with van der Waals surface area (Å²) in [7, 11) is 0. The maximum absolute atomic E-state index is 5.46. The van der Waals surface area contributed by atoms with E-state index in [0.717, 1.165) is 5.25 Å². The first-order chi connectivity index (χ1) is 2.84. The summed E-state index contributed by atoms with van der Waals surface area (Å²) in [5.74, 6) is 0. The minimum absolute atomic E-state index is 0.528. The molecule has 1 fully saturated rings. The summed E-state index contributed by atoms with van der Waals surface area (Å²) >= 11 is 1.87. The van der Waals surface area contributed by atoms with Crippen LogP contribution >= 0.6 is 11.8 Å². The average molecular weight is 103 g/mol. The van der Waals surface area contributed by atoms with Crippen molar-refractivity contribution >= 4 is 11.8 Å². The van der Waals surface area contributed by atoms with Crippen LogP contribution in [0.15, 0.2) is 0 Å². The summed E-state index contributed by atoms with van der Waals surface area (Å²) in [6.45, 7) is 0. The SMILES string of the molecule is CS[C@H]1C[C@H]1N. The molecule has 0 radical (unpaired) electrons. The van der Waals surface area contributed by atoms with Gasteiger partial charge in [-0.05, 0) is 12.7 Å². The Labute approximate surface area is 42.3 Å². The third kappa shape index (κ3) is 0.684. The number of thioether (sulfide) groups is 1. The van der Waals surface area contributed by atoms with Gasteiger partial charge in [-0.25, -0.2) is 0 Å². The van der Waals surface area contributed by atoms with Crippen molar-refractivity contribution in [1.82, 2.24) is 0 Å². The largest absolute Gasteiger partial charge is 0.327 e. The quantitative estimate of drug-likeness (QED) is 0.521. The molecule has 0 spiro atoms. The second-order valence-corrected chi connectivity index (χ2v) is 2.75. The molecule has 0 heterocycles. The standard InChI is InChI=1S/C4H9NS/c1-6-4-2-3(4)5/h3-4H,2,5H2,1H3/t3-,4+/m1/s1. The second kappa shape index (κ2) is 1.43. The highest BCUT2D eigenvalue weighted by Gasteiger charge is 2.31. The van der Waals surface area contributed by atoms with E-state index in [0.29, 0.717) is 6.04 Å². The van der Waals surface area contributed by atoms with Crippen LogP contribution in [0.1, 0.15) is 6.42 Å². The van der Waals surface area contributed by atoms with Crippen molar-refractivity contribution < 1.29 is 0 Å². The van der Waals surface area contributed by atoms with Crippen molar-refractivity contribution in [2.75, 3.05) is 6.26 Å². The van der Waals surface area contributed by atoms with Crippen LogP contribution < -0.4 is 5.73 Å². The lowest BCUT2D eigenvalue weighted by atomic mass is 10.8. The minimum Gasteiger partial charge on any atom is -0.327 e. The molecule has 0 saturated heterocycles. The zero-order chi connectivity index (χ0) is 4.57. The molecule has 0 aromatic rings. The van der Waals surface area contributed by atoms with Gasteiger partial charge in [0.1, 0.15) is 0 Å². The van der Waals surface area contributed by atoms with Gasteiger partial charge >= 0.3 is 0 Å². The van der Waals surface area contributed by atoms with Crippen molar-refractivity contribution in [3.8, 4) is 0 Å². The van der Waals surface area contributed by atoms with Crippen LogP contribution in [0.4, 0.5) is 0 Å². The van der Waals surface area contributed by atoms with Crippen molar-refractivity contribution in [1.29, 1.82) is 0 Å². The van der Waals surface area contributed by atoms with Gasteiger partial charge in [-0.3, -0.25) is 0 Å². The summed E-state index contributed by atoms with van der Waals surface area (Å²) < 4.78 is 0. The van der Waals surface area contributed by atoms with Crippen LogP contribution in [-0.2, 0) is 0 Å². The second-order valence-electron chi connectivity index (χ2n) is 1.67. The van der Waals surface area contributed by atoms with Gasteiger partial charge in [0, 0.05) is 11.3 Å². The van der Waals surface area contributed by atoms with Crippen molar-refractivity contribution in [3.05, 3.63) is 0 Å². The predicted molar refractivity (Wildman–Crippen MR) is 29.9 cm³/mol. The highest BCUT2D eigenvalue weighted by Crippen LogP contribution is 2.30. The Kier molecular flexibility index (Phi) is 1.06. The van der Waals surface area contributed by atoms with Crippen LogP contribution in [0.3, 0.4) is 0 Å². The molecule has 1 aliphatic rings. The molecule has 2 N–H and O–H groups in total.